The molecule has 0 aromatic heterocycles. The Labute approximate surface area is 92.5 Å². The third-order valence-electron chi connectivity index (χ3n) is 2.63. The number of nitrogen functional groups attached to an aromatic ring is 1. The number of rotatable bonds is 4. The van der Waals surface area contributed by atoms with E-state index in [1.165, 1.54) is 0 Å². The van der Waals surface area contributed by atoms with Crippen molar-refractivity contribution in [1.29, 1.82) is 0 Å². The number of anilines is 3. The van der Waals surface area contributed by atoms with Crippen molar-refractivity contribution >= 4 is 17.1 Å². The van der Waals surface area contributed by atoms with Crippen LogP contribution in [0.1, 0.15) is 13.8 Å². The Morgan fingerprint density at radius 2 is 1.73 bits per heavy atom. The van der Waals surface area contributed by atoms with Gasteiger partial charge in [0.25, 0.3) is 0 Å². The van der Waals surface area contributed by atoms with E-state index in [-0.39, 0.29) is 0 Å². The fourth-order valence-electron chi connectivity index (χ4n) is 1.67. The molecule has 15 heavy (non-hydrogen) atoms. The number of nitrogens with two attached hydrogens (primary N) is 1. The van der Waals surface area contributed by atoms with Crippen LogP contribution in [0.4, 0.5) is 17.1 Å². The van der Waals surface area contributed by atoms with Crippen molar-refractivity contribution in [3.63, 3.8) is 0 Å². The molecule has 1 aromatic carbocycles. The Morgan fingerprint density at radius 1 is 1.13 bits per heavy atom. The molecule has 84 valence electrons. The van der Waals surface area contributed by atoms with Crippen LogP contribution in [0, 0.1) is 0 Å². The van der Waals surface area contributed by atoms with E-state index in [1.807, 2.05) is 20.2 Å². The highest BCUT2D eigenvalue weighted by Gasteiger charge is 2.07. The molecular formula is C12H21N3. The largest absolute Gasteiger partial charge is 0.397 e. The van der Waals surface area contributed by atoms with E-state index in [2.05, 4.69) is 35.8 Å². The van der Waals surface area contributed by atoms with E-state index in [0.29, 0.717) is 0 Å². The zero-order valence-corrected chi connectivity index (χ0v) is 10.1. The van der Waals surface area contributed by atoms with Gasteiger partial charge in [-0.3, -0.25) is 0 Å². The van der Waals surface area contributed by atoms with Crippen LogP contribution in [0.15, 0.2) is 18.2 Å². The third-order valence-corrected chi connectivity index (χ3v) is 2.63. The fraction of sp³-hybridized carbons (Fsp3) is 0.500. The van der Waals surface area contributed by atoms with Crippen molar-refractivity contribution in [1.82, 2.24) is 0 Å². The van der Waals surface area contributed by atoms with E-state index < -0.39 is 0 Å². The molecule has 0 aliphatic heterocycles. The van der Waals surface area contributed by atoms with Crippen LogP contribution in [0.2, 0.25) is 0 Å². The lowest BCUT2D eigenvalue weighted by Gasteiger charge is -2.24. The fourth-order valence-corrected chi connectivity index (χ4v) is 1.67. The van der Waals surface area contributed by atoms with Gasteiger partial charge in [0.1, 0.15) is 0 Å². The molecule has 3 nitrogen and oxygen atoms in total. The molecule has 0 saturated carbocycles. The van der Waals surface area contributed by atoms with Gasteiger partial charge in [-0.25, -0.2) is 0 Å². The lowest BCUT2D eigenvalue weighted by Crippen LogP contribution is -2.23. The van der Waals surface area contributed by atoms with Crippen LogP contribution < -0.4 is 15.5 Å². The maximum atomic E-state index is 6.04. The molecule has 0 saturated heterocycles. The molecule has 0 amide bonds. The van der Waals surface area contributed by atoms with Gasteiger partial charge in [-0.1, -0.05) is 0 Å². The summed E-state index contributed by atoms with van der Waals surface area (Å²) in [6.07, 6.45) is 0. The van der Waals surface area contributed by atoms with E-state index in [4.69, 9.17) is 5.73 Å². The average Bonchev–Trinajstić information content (AvgIpc) is 2.21. The van der Waals surface area contributed by atoms with Crippen molar-refractivity contribution in [2.45, 2.75) is 13.8 Å². The van der Waals surface area contributed by atoms with Gasteiger partial charge in [0, 0.05) is 32.9 Å². The van der Waals surface area contributed by atoms with E-state index in [9.17, 15) is 0 Å². The summed E-state index contributed by atoms with van der Waals surface area (Å²) in [7, 11) is 4.04. The Balaban J connectivity index is 3.02. The van der Waals surface area contributed by atoms with Crippen LogP contribution in [-0.2, 0) is 0 Å². The predicted octanol–water partition coefficient (Wildman–Crippen LogP) is 2.18. The molecule has 3 heteroatoms. The van der Waals surface area contributed by atoms with E-state index in [1.54, 1.807) is 0 Å². The molecule has 0 unspecified atom stereocenters. The van der Waals surface area contributed by atoms with Crippen LogP contribution in [0.5, 0.6) is 0 Å². The summed E-state index contributed by atoms with van der Waals surface area (Å²) in [6, 6.07) is 6.22. The second kappa shape index (κ2) is 4.91. The quantitative estimate of drug-likeness (QED) is 0.768. The lowest BCUT2D eigenvalue weighted by atomic mass is 10.2. The minimum absolute atomic E-state index is 0.852. The van der Waals surface area contributed by atoms with Crippen LogP contribution in [-0.4, -0.2) is 27.2 Å². The summed E-state index contributed by atoms with van der Waals surface area (Å²) in [5.41, 5.74) is 9.17. The van der Waals surface area contributed by atoms with E-state index >= 15 is 0 Å². The second-order valence-corrected chi connectivity index (χ2v) is 3.81. The molecule has 0 heterocycles. The first-order chi connectivity index (χ1) is 7.10. The highest BCUT2D eigenvalue weighted by Crippen LogP contribution is 2.27. The first kappa shape index (κ1) is 11.7. The molecule has 1 rings (SSSR count). The summed E-state index contributed by atoms with van der Waals surface area (Å²) in [6.45, 7) is 6.26. The van der Waals surface area contributed by atoms with Gasteiger partial charge in [0.15, 0.2) is 0 Å². The molecule has 0 radical (unpaired) electrons. The number of benzene rings is 1. The minimum Gasteiger partial charge on any atom is -0.397 e. The molecule has 0 spiro atoms. The van der Waals surface area contributed by atoms with Gasteiger partial charge in [0.2, 0.25) is 0 Å². The molecular weight excluding hydrogens is 186 g/mol. The van der Waals surface area contributed by atoms with Gasteiger partial charge in [-0.05, 0) is 32.0 Å². The zero-order valence-electron chi connectivity index (χ0n) is 10.1. The number of nitrogens with zero attached hydrogens (tertiary/aromatic N) is 2. The SMILES string of the molecule is CCN(CC)c1ccc(N(C)C)cc1N. The summed E-state index contributed by atoms with van der Waals surface area (Å²) in [5, 5.41) is 0. The van der Waals surface area contributed by atoms with Crippen LogP contribution in [0.25, 0.3) is 0 Å². The molecule has 0 atom stereocenters. The smallest absolute Gasteiger partial charge is 0.0601 e. The maximum Gasteiger partial charge on any atom is 0.0601 e. The van der Waals surface area contributed by atoms with Gasteiger partial charge in [0.05, 0.1) is 11.4 Å². The Kier molecular flexibility index (Phi) is 3.83. The summed E-state index contributed by atoms with van der Waals surface area (Å²) >= 11 is 0. The average molecular weight is 207 g/mol. The molecule has 1 aromatic rings. The van der Waals surface area contributed by atoms with Crippen molar-refractivity contribution in [2.75, 3.05) is 42.7 Å². The summed E-state index contributed by atoms with van der Waals surface area (Å²) < 4.78 is 0. The highest BCUT2D eigenvalue weighted by atomic mass is 15.1. The van der Waals surface area contributed by atoms with Gasteiger partial charge in [-0.15, -0.1) is 0 Å². The topological polar surface area (TPSA) is 32.5 Å². The number of hydrogen-bond acceptors (Lipinski definition) is 3. The second-order valence-electron chi connectivity index (χ2n) is 3.81. The molecule has 0 fully saturated rings. The predicted molar refractivity (Wildman–Crippen MR) is 68.7 cm³/mol. The van der Waals surface area contributed by atoms with Gasteiger partial charge >= 0.3 is 0 Å². The van der Waals surface area contributed by atoms with Crippen molar-refractivity contribution in [3.05, 3.63) is 18.2 Å². The zero-order chi connectivity index (χ0) is 11.4. The summed E-state index contributed by atoms with van der Waals surface area (Å²) in [5.74, 6) is 0. The minimum atomic E-state index is 0.852. The monoisotopic (exact) mass is 207 g/mol. The molecule has 0 aliphatic carbocycles. The Hall–Kier alpha value is -1.38. The first-order valence-electron chi connectivity index (χ1n) is 5.42. The Morgan fingerprint density at radius 3 is 2.13 bits per heavy atom. The highest BCUT2D eigenvalue weighted by molar-refractivity contribution is 5.72. The summed E-state index contributed by atoms with van der Waals surface area (Å²) in [4.78, 5) is 4.32. The lowest BCUT2D eigenvalue weighted by molar-refractivity contribution is 0.867. The molecule has 0 bridgehead atoms. The number of hydrogen-bond donors (Lipinski definition) is 1. The first-order valence-corrected chi connectivity index (χ1v) is 5.42. The van der Waals surface area contributed by atoms with Crippen LogP contribution in [0.3, 0.4) is 0 Å². The van der Waals surface area contributed by atoms with Crippen molar-refractivity contribution < 1.29 is 0 Å². The standard InChI is InChI=1S/C12H21N3/c1-5-15(6-2)12-8-7-10(14(3)4)9-11(12)13/h7-9H,5-6,13H2,1-4H3. The molecule has 0 aliphatic rings. The molecule has 2 N–H and O–H groups in total. The maximum absolute atomic E-state index is 6.04. The van der Waals surface area contributed by atoms with Crippen molar-refractivity contribution in [3.8, 4) is 0 Å². The normalized spacial score (nSPS) is 10.1. The Bertz CT molecular complexity index is 317. The van der Waals surface area contributed by atoms with E-state index in [0.717, 1.165) is 30.2 Å². The van der Waals surface area contributed by atoms with Crippen LogP contribution >= 0.6 is 0 Å². The third kappa shape index (κ3) is 2.55. The van der Waals surface area contributed by atoms with Gasteiger partial charge in [-0.2, -0.15) is 0 Å². The van der Waals surface area contributed by atoms with Gasteiger partial charge < -0.3 is 15.5 Å². The van der Waals surface area contributed by atoms with Crippen molar-refractivity contribution in [2.24, 2.45) is 0 Å².